The highest BCUT2D eigenvalue weighted by molar-refractivity contribution is 4.91. The maximum Gasteiger partial charge on any atom is 0.168 e. The molecule has 1 spiro atoms. The minimum atomic E-state index is -0.453. The molecule has 0 radical (unpaired) electrons. The lowest BCUT2D eigenvalue weighted by Gasteiger charge is -2.40. The highest BCUT2D eigenvalue weighted by Crippen LogP contribution is 2.42. The van der Waals surface area contributed by atoms with E-state index in [0.717, 1.165) is 51.7 Å². The minimum absolute atomic E-state index is 0.340. The molecular formula is C16H30O3. The molecule has 0 aromatic heterocycles. The van der Waals surface area contributed by atoms with Crippen molar-refractivity contribution in [3.8, 4) is 0 Å². The third kappa shape index (κ3) is 4.44. The fourth-order valence-electron chi connectivity index (χ4n) is 3.37. The summed E-state index contributed by atoms with van der Waals surface area (Å²) in [5, 5.41) is 10.6. The zero-order valence-electron chi connectivity index (χ0n) is 12.5. The number of unbranched alkanes of at least 4 members (excludes halogenated alkanes) is 5. The highest BCUT2D eigenvalue weighted by atomic mass is 16.7. The van der Waals surface area contributed by atoms with Crippen molar-refractivity contribution in [1.82, 2.24) is 0 Å². The average molecular weight is 270 g/mol. The second-order valence-electron chi connectivity index (χ2n) is 6.35. The third-order valence-corrected chi connectivity index (χ3v) is 4.75. The second-order valence-corrected chi connectivity index (χ2v) is 6.35. The summed E-state index contributed by atoms with van der Waals surface area (Å²) in [6.07, 6.45) is 12.1. The van der Waals surface area contributed by atoms with Crippen molar-refractivity contribution < 1.29 is 14.6 Å². The van der Waals surface area contributed by atoms with Gasteiger partial charge in [0.25, 0.3) is 0 Å². The molecule has 2 aliphatic rings. The molecule has 3 heteroatoms. The van der Waals surface area contributed by atoms with Gasteiger partial charge in [-0.05, 0) is 19.3 Å². The van der Waals surface area contributed by atoms with E-state index in [2.05, 4.69) is 6.92 Å². The normalized spacial score (nSPS) is 24.9. The van der Waals surface area contributed by atoms with Gasteiger partial charge < -0.3 is 14.6 Å². The molecule has 1 N–H and O–H groups in total. The first kappa shape index (κ1) is 15.3. The fraction of sp³-hybridized carbons (Fsp3) is 1.00. The highest BCUT2D eigenvalue weighted by Gasteiger charge is 2.45. The number of hydrogen-bond donors (Lipinski definition) is 1. The Kier molecular flexibility index (Phi) is 5.67. The van der Waals surface area contributed by atoms with E-state index >= 15 is 0 Å². The van der Waals surface area contributed by atoms with Crippen LogP contribution < -0.4 is 0 Å². The largest absolute Gasteiger partial charge is 0.390 e. The van der Waals surface area contributed by atoms with Crippen molar-refractivity contribution in [1.29, 1.82) is 0 Å². The lowest BCUT2D eigenvalue weighted by molar-refractivity contribution is -0.203. The summed E-state index contributed by atoms with van der Waals surface area (Å²) >= 11 is 0. The van der Waals surface area contributed by atoms with Gasteiger partial charge in [0.15, 0.2) is 5.79 Å². The van der Waals surface area contributed by atoms with Gasteiger partial charge in [-0.15, -0.1) is 0 Å². The first-order chi connectivity index (χ1) is 9.18. The van der Waals surface area contributed by atoms with Gasteiger partial charge in [-0.25, -0.2) is 0 Å². The van der Waals surface area contributed by atoms with Crippen LogP contribution in [0.4, 0.5) is 0 Å². The van der Waals surface area contributed by atoms with E-state index in [1.54, 1.807) is 0 Å². The van der Waals surface area contributed by atoms with Gasteiger partial charge in [0.05, 0.1) is 18.8 Å². The van der Waals surface area contributed by atoms with Gasteiger partial charge in [0.1, 0.15) is 0 Å². The Balaban J connectivity index is 1.61. The van der Waals surface area contributed by atoms with E-state index in [0.29, 0.717) is 0 Å². The SMILES string of the molecule is CCCCCCCCC1(O)CCC2(CC1)OCCO2. The van der Waals surface area contributed by atoms with E-state index in [4.69, 9.17) is 9.47 Å². The van der Waals surface area contributed by atoms with Crippen LogP contribution in [0.1, 0.15) is 77.6 Å². The Morgan fingerprint density at radius 1 is 0.842 bits per heavy atom. The van der Waals surface area contributed by atoms with E-state index in [9.17, 15) is 5.11 Å². The van der Waals surface area contributed by atoms with Crippen LogP contribution in [0.5, 0.6) is 0 Å². The quantitative estimate of drug-likeness (QED) is 0.715. The van der Waals surface area contributed by atoms with E-state index < -0.39 is 5.60 Å². The predicted molar refractivity (Wildman–Crippen MR) is 76.0 cm³/mol. The van der Waals surface area contributed by atoms with Crippen LogP contribution in [0, 0.1) is 0 Å². The molecule has 1 saturated heterocycles. The summed E-state index contributed by atoms with van der Waals surface area (Å²) in [6, 6.07) is 0. The van der Waals surface area contributed by atoms with E-state index in [1.807, 2.05) is 0 Å². The average Bonchev–Trinajstić information content (AvgIpc) is 2.87. The monoisotopic (exact) mass is 270 g/mol. The molecule has 3 nitrogen and oxygen atoms in total. The maximum atomic E-state index is 10.6. The molecular weight excluding hydrogens is 240 g/mol. The van der Waals surface area contributed by atoms with Crippen LogP contribution in [0.2, 0.25) is 0 Å². The van der Waals surface area contributed by atoms with Gasteiger partial charge in [-0.2, -0.15) is 0 Å². The number of hydrogen-bond acceptors (Lipinski definition) is 3. The van der Waals surface area contributed by atoms with Crippen LogP contribution in [0.15, 0.2) is 0 Å². The van der Waals surface area contributed by atoms with Crippen LogP contribution >= 0.6 is 0 Å². The Labute approximate surface area is 117 Å². The van der Waals surface area contributed by atoms with E-state index in [-0.39, 0.29) is 5.79 Å². The number of aliphatic hydroxyl groups is 1. The lowest BCUT2D eigenvalue weighted by atomic mass is 9.78. The molecule has 0 aromatic carbocycles. The van der Waals surface area contributed by atoms with Crippen molar-refractivity contribution >= 4 is 0 Å². The van der Waals surface area contributed by atoms with Crippen molar-refractivity contribution in [3.63, 3.8) is 0 Å². The fourth-order valence-corrected chi connectivity index (χ4v) is 3.37. The molecule has 0 atom stereocenters. The second kappa shape index (κ2) is 7.05. The Bertz CT molecular complexity index is 249. The Morgan fingerprint density at radius 2 is 1.42 bits per heavy atom. The van der Waals surface area contributed by atoms with Crippen LogP contribution in [-0.2, 0) is 9.47 Å². The summed E-state index contributed by atoms with van der Waals surface area (Å²) < 4.78 is 11.4. The Hall–Kier alpha value is -0.120. The summed E-state index contributed by atoms with van der Waals surface area (Å²) in [7, 11) is 0. The predicted octanol–water partition coefficient (Wildman–Crippen LogP) is 3.79. The van der Waals surface area contributed by atoms with Crippen LogP contribution in [-0.4, -0.2) is 29.7 Å². The van der Waals surface area contributed by atoms with Gasteiger partial charge in [-0.1, -0.05) is 45.4 Å². The Morgan fingerprint density at radius 3 is 2.05 bits per heavy atom. The third-order valence-electron chi connectivity index (χ3n) is 4.75. The molecule has 112 valence electrons. The molecule has 1 aliphatic carbocycles. The number of ether oxygens (including phenoxy) is 2. The van der Waals surface area contributed by atoms with Gasteiger partial charge in [-0.3, -0.25) is 0 Å². The smallest absolute Gasteiger partial charge is 0.168 e. The standard InChI is InChI=1S/C16H30O3/c1-2-3-4-5-6-7-8-15(17)9-11-16(12-10-15)18-13-14-19-16/h17H,2-14H2,1H3. The molecule has 0 aromatic rings. The van der Waals surface area contributed by atoms with Crippen LogP contribution in [0.3, 0.4) is 0 Å². The first-order valence-corrected chi connectivity index (χ1v) is 8.18. The molecule has 0 bridgehead atoms. The molecule has 19 heavy (non-hydrogen) atoms. The van der Waals surface area contributed by atoms with Crippen molar-refractivity contribution in [3.05, 3.63) is 0 Å². The van der Waals surface area contributed by atoms with Gasteiger partial charge in [0.2, 0.25) is 0 Å². The van der Waals surface area contributed by atoms with Gasteiger partial charge in [0, 0.05) is 12.8 Å². The minimum Gasteiger partial charge on any atom is -0.390 e. The molecule has 2 rings (SSSR count). The van der Waals surface area contributed by atoms with Crippen molar-refractivity contribution in [2.75, 3.05) is 13.2 Å². The summed E-state index contributed by atoms with van der Waals surface area (Å²) in [5.41, 5.74) is -0.453. The summed E-state index contributed by atoms with van der Waals surface area (Å²) in [5.74, 6) is -0.340. The van der Waals surface area contributed by atoms with Crippen molar-refractivity contribution in [2.24, 2.45) is 0 Å². The molecule has 1 aliphatic heterocycles. The molecule has 1 saturated carbocycles. The topological polar surface area (TPSA) is 38.7 Å². The van der Waals surface area contributed by atoms with Crippen molar-refractivity contribution in [2.45, 2.75) is 88.9 Å². The number of rotatable bonds is 7. The zero-order chi connectivity index (χ0) is 13.6. The molecule has 2 fully saturated rings. The first-order valence-electron chi connectivity index (χ1n) is 8.18. The summed E-state index contributed by atoms with van der Waals surface area (Å²) in [4.78, 5) is 0. The molecule has 1 heterocycles. The zero-order valence-corrected chi connectivity index (χ0v) is 12.5. The van der Waals surface area contributed by atoms with Crippen LogP contribution in [0.25, 0.3) is 0 Å². The van der Waals surface area contributed by atoms with Gasteiger partial charge >= 0.3 is 0 Å². The summed E-state index contributed by atoms with van der Waals surface area (Å²) in [6.45, 7) is 3.68. The van der Waals surface area contributed by atoms with E-state index in [1.165, 1.54) is 32.1 Å². The lowest BCUT2D eigenvalue weighted by Crippen LogP contribution is -2.43. The molecule has 0 amide bonds. The maximum absolute atomic E-state index is 10.6. The molecule has 0 unspecified atom stereocenters.